The van der Waals surface area contributed by atoms with Gasteiger partial charge in [-0.1, -0.05) is 44.2 Å². The fraction of sp³-hybridized carbons (Fsp3) is 0.462. The van der Waals surface area contributed by atoms with Gasteiger partial charge >= 0.3 is 0 Å². The van der Waals surface area contributed by atoms with Crippen LogP contribution in [0.2, 0.25) is 0 Å². The van der Waals surface area contributed by atoms with Gasteiger partial charge in [-0.2, -0.15) is 0 Å². The van der Waals surface area contributed by atoms with E-state index in [-0.39, 0.29) is 29.9 Å². The molecule has 1 N–H and O–H groups in total. The topological polar surface area (TPSA) is 105 Å². The van der Waals surface area contributed by atoms with Crippen LogP contribution in [0.25, 0.3) is 0 Å². The number of anilines is 1. The van der Waals surface area contributed by atoms with Crippen LogP contribution in [0, 0.1) is 0 Å². The van der Waals surface area contributed by atoms with Gasteiger partial charge in [-0.25, -0.2) is 8.42 Å². The first-order chi connectivity index (χ1) is 17.0. The molecule has 2 amide bonds. The Kier molecular flexibility index (Phi) is 10.6. The number of nitrogens with zero attached hydrogens (tertiary/aromatic N) is 2. The largest absolute Gasteiger partial charge is 0.497 e. The smallest absolute Gasteiger partial charge is 0.244 e. The maximum absolute atomic E-state index is 13.8. The van der Waals surface area contributed by atoms with Gasteiger partial charge in [0.15, 0.2) is 0 Å². The third kappa shape index (κ3) is 7.61. The first-order valence-electron chi connectivity index (χ1n) is 11.9. The van der Waals surface area contributed by atoms with Gasteiger partial charge < -0.3 is 19.7 Å². The standard InChI is InChI=1S/C26H37N3O6S/c1-7-19(3)27-26(31)22(8-2)28(17-20-12-10-9-11-13-20)25(30)18-29(36(6,32)33)23-16-21(34-4)14-15-24(23)35-5/h9-16,19,22H,7-8,17-18H2,1-6H3,(H,27,31)/t19-,22+/m1/s1. The molecule has 0 aliphatic carbocycles. The minimum atomic E-state index is -3.90. The number of hydrogen-bond donors (Lipinski definition) is 1. The van der Waals surface area contributed by atoms with Crippen molar-refractivity contribution in [3.8, 4) is 11.5 Å². The molecule has 0 aliphatic heterocycles. The number of benzene rings is 2. The van der Waals surface area contributed by atoms with Gasteiger partial charge in [0.05, 0.1) is 26.2 Å². The predicted molar refractivity (Wildman–Crippen MR) is 141 cm³/mol. The van der Waals surface area contributed by atoms with Crippen LogP contribution in [0.3, 0.4) is 0 Å². The van der Waals surface area contributed by atoms with Crippen molar-refractivity contribution in [1.82, 2.24) is 10.2 Å². The lowest BCUT2D eigenvalue weighted by molar-refractivity contribution is -0.140. The number of methoxy groups -OCH3 is 2. The molecule has 36 heavy (non-hydrogen) atoms. The maximum atomic E-state index is 13.8. The Morgan fingerprint density at radius 2 is 1.67 bits per heavy atom. The number of ether oxygens (including phenoxy) is 2. The molecule has 0 radical (unpaired) electrons. The van der Waals surface area contributed by atoms with Crippen LogP contribution in [0.4, 0.5) is 5.69 Å². The molecule has 9 nitrogen and oxygen atoms in total. The van der Waals surface area contributed by atoms with Crippen LogP contribution in [-0.2, 0) is 26.2 Å². The van der Waals surface area contributed by atoms with Crippen LogP contribution >= 0.6 is 0 Å². The Balaban J connectivity index is 2.50. The quantitative estimate of drug-likeness (QED) is 0.436. The van der Waals surface area contributed by atoms with Crippen molar-refractivity contribution >= 4 is 27.5 Å². The van der Waals surface area contributed by atoms with E-state index in [1.165, 1.54) is 25.2 Å². The summed E-state index contributed by atoms with van der Waals surface area (Å²) in [7, 11) is -1.02. The molecule has 2 atom stereocenters. The molecule has 0 bridgehead atoms. The number of amides is 2. The normalized spacial score (nSPS) is 12.8. The zero-order chi connectivity index (χ0) is 26.9. The highest BCUT2D eigenvalue weighted by Crippen LogP contribution is 2.34. The molecule has 198 valence electrons. The summed E-state index contributed by atoms with van der Waals surface area (Å²) in [5.74, 6) is -0.112. The van der Waals surface area contributed by atoms with Crippen molar-refractivity contribution in [3.05, 3.63) is 54.1 Å². The first kappa shape index (κ1) is 29.0. The summed E-state index contributed by atoms with van der Waals surface area (Å²) in [5.41, 5.74) is 0.995. The lowest BCUT2D eigenvalue weighted by Crippen LogP contribution is -2.53. The highest BCUT2D eigenvalue weighted by Gasteiger charge is 2.33. The molecule has 0 fully saturated rings. The number of sulfonamides is 1. The fourth-order valence-electron chi connectivity index (χ4n) is 3.73. The summed E-state index contributed by atoms with van der Waals surface area (Å²) in [6.45, 7) is 5.32. The highest BCUT2D eigenvalue weighted by atomic mass is 32.2. The number of carbonyl (C=O) groups is 2. The van der Waals surface area contributed by atoms with E-state index in [1.807, 2.05) is 51.1 Å². The van der Waals surface area contributed by atoms with E-state index in [2.05, 4.69) is 5.32 Å². The first-order valence-corrected chi connectivity index (χ1v) is 13.7. The van der Waals surface area contributed by atoms with Gasteiger partial charge in [0.1, 0.15) is 24.1 Å². The number of rotatable bonds is 13. The second-order valence-corrected chi connectivity index (χ2v) is 10.5. The van der Waals surface area contributed by atoms with Crippen LogP contribution in [0.5, 0.6) is 11.5 Å². The van der Waals surface area contributed by atoms with Crippen LogP contribution in [0.1, 0.15) is 39.2 Å². The number of carbonyl (C=O) groups excluding carboxylic acids is 2. The zero-order valence-corrected chi connectivity index (χ0v) is 22.7. The maximum Gasteiger partial charge on any atom is 0.244 e. The number of hydrogen-bond acceptors (Lipinski definition) is 6. The summed E-state index contributed by atoms with van der Waals surface area (Å²) in [6.07, 6.45) is 2.13. The van der Waals surface area contributed by atoms with Crippen molar-refractivity contribution in [2.75, 3.05) is 31.3 Å². The Morgan fingerprint density at radius 3 is 2.19 bits per heavy atom. The Labute approximate surface area is 214 Å². The van der Waals surface area contributed by atoms with Crippen molar-refractivity contribution in [2.45, 2.75) is 52.2 Å². The summed E-state index contributed by atoms with van der Waals surface area (Å²) in [6, 6.07) is 13.2. The molecule has 0 aliphatic rings. The minimum Gasteiger partial charge on any atom is -0.497 e. The third-order valence-corrected chi connectivity index (χ3v) is 7.04. The summed E-state index contributed by atoms with van der Waals surface area (Å²) >= 11 is 0. The van der Waals surface area contributed by atoms with E-state index in [9.17, 15) is 18.0 Å². The molecule has 0 heterocycles. The van der Waals surface area contributed by atoms with E-state index in [0.29, 0.717) is 12.2 Å². The van der Waals surface area contributed by atoms with Crippen molar-refractivity contribution in [3.63, 3.8) is 0 Å². The lowest BCUT2D eigenvalue weighted by atomic mass is 10.1. The average Bonchev–Trinajstić information content (AvgIpc) is 2.86. The van der Waals surface area contributed by atoms with E-state index >= 15 is 0 Å². The van der Waals surface area contributed by atoms with E-state index in [0.717, 1.165) is 22.5 Å². The molecule has 2 rings (SSSR count). The van der Waals surface area contributed by atoms with Gasteiger partial charge in [0.2, 0.25) is 21.8 Å². The molecule has 0 saturated carbocycles. The SMILES string of the molecule is CC[C@@H](C)NC(=O)[C@H](CC)N(Cc1ccccc1)C(=O)CN(c1cc(OC)ccc1OC)S(C)(=O)=O. The van der Waals surface area contributed by atoms with Gasteiger partial charge in [0.25, 0.3) is 0 Å². The molecule has 0 unspecified atom stereocenters. The Morgan fingerprint density at radius 1 is 1.00 bits per heavy atom. The summed E-state index contributed by atoms with van der Waals surface area (Å²) < 4.78 is 37.3. The van der Waals surface area contributed by atoms with E-state index in [1.54, 1.807) is 12.1 Å². The van der Waals surface area contributed by atoms with Crippen molar-refractivity contribution in [1.29, 1.82) is 0 Å². The Bertz CT molecular complexity index is 1120. The molecule has 0 aromatic heterocycles. The zero-order valence-electron chi connectivity index (χ0n) is 21.9. The molecular weight excluding hydrogens is 482 g/mol. The van der Waals surface area contributed by atoms with Gasteiger partial charge in [-0.3, -0.25) is 13.9 Å². The van der Waals surface area contributed by atoms with Crippen molar-refractivity contribution in [2.24, 2.45) is 0 Å². The van der Waals surface area contributed by atoms with Gasteiger partial charge in [-0.05, 0) is 37.5 Å². The molecule has 0 spiro atoms. The van der Waals surface area contributed by atoms with E-state index < -0.39 is 28.5 Å². The fourth-order valence-corrected chi connectivity index (χ4v) is 4.57. The highest BCUT2D eigenvalue weighted by molar-refractivity contribution is 7.92. The number of nitrogens with one attached hydrogen (secondary N) is 1. The molecule has 10 heteroatoms. The average molecular weight is 520 g/mol. The second-order valence-electron chi connectivity index (χ2n) is 8.56. The summed E-state index contributed by atoms with van der Waals surface area (Å²) in [5, 5.41) is 2.95. The van der Waals surface area contributed by atoms with Gasteiger partial charge in [-0.15, -0.1) is 0 Å². The lowest BCUT2D eigenvalue weighted by Gasteiger charge is -2.33. The summed E-state index contributed by atoms with van der Waals surface area (Å²) in [4.78, 5) is 28.3. The molecular formula is C26H37N3O6S. The Hall–Kier alpha value is -3.27. The van der Waals surface area contributed by atoms with Crippen molar-refractivity contribution < 1.29 is 27.5 Å². The molecule has 0 saturated heterocycles. The van der Waals surface area contributed by atoms with Crippen LogP contribution in [-0.4, -0.2) is 64.2 Å². The van der Waals surface area contributed by atoms with Crippen LogP contribution in [0.15, 0.2) is 48.5 Å². The predicted octanol–water partition coefficient (Wildman–Crippen LogP) is 3.19. The van der Waals surface area contributed by atoms with Gasteiger partial charge in [0, 0.05) is 18.7 Å². The minimum absolute atomic E-state index is 0.0613. The monoisotopic (exact) mass is 519 g/mol. The third-order valence-electron chi connectivity index (χ3n) is 5.92. The van der Waals surface area contributed by atoms with E-state index in [4.69, 9.17) is 9.47 Å². The second kappa shape index (κ2) is 13.2. The molecule has 2 aromatic rings. The van der Waals surface area contributed by atoms with Crippen LogP contribution < -0.4 is 19.1 Å². The molecule has 2 aromatic carbocycles.